The van der Waals surface area contributed by atoms with Crippen LogP contribution in [0.25, 0.3) is 0 Å². The van der Waals surface area contributed by atoms with Crippen molar-refractivity contribution in [2.75, 3.05) is 26.1 Å². The van der Waals surface area contributed by atoms with Crippen molar-refractivity contribution in [1.29, 1.82) is 0 Å². The first-order valence-corrected chi connectivity index (χ1v) is 14.3. The molecule has 3 atom stereocenters. The van der Waals surface area contributed by atoms with E-state index in [2.05, 4.69) is 5.32 Å². The Morgan fingerprint density at radius 2 is 1.72 bits per heavy atom. The van der Waals surface area contributed by atoms with Crippen molar-refractivity contribution < 1.29 is 40.8 Å². The molecular weight excluding hydrogens is 561 g/mol. The minimum absolute atomic E-state index is 0.0705. The standard InChI is InChI=1S/C26H26ClF3N2O6S/c1-32-26(17(12-38-32)25(34)37-2)10-14-3-4-15(11-26)23(14)39(35,36)21-7-13(5-6-18(21)27)24(33)31-16-8-19(28)22(30)20(29)9-16/h5-9,14-15,17,23H,3-4,10-12H2,1-2H3,(H,31,33)/t14?,15?,17?,23-,26-. The maximum atomic E-state index is 14.0. The van der Waals surface area contributed by atoms with Crippen LogP contribution in [0.3, 0.4) is 0 Å². The number of fused-ring (bicyclic) bond motifs is 2. The molecule has 1 spiro atoms. The second-order valence-corrected chi connectivity index (χ2v) is 12.8. The number of carbonyl (C=O) groups is 2. The van der Waals surface area contributed by atoms with E-state index in [0.29, 0.717) is 37.8 Å². The fraction of sp³-hybridized carbons (Fsp3) is 0.462. The summed E-state index contributed by atoms with van der Waals surface area (Å²) in [6.07, 6.45) is 2.08. The van der Waals surface area contributed by atoms with Crippen LogP contribution >= 0.6 is 11.6 Å². The van der Waals surface area contributed by atoms with E-state index in [1.807, 2.05) is 0 Å². The molecule has 3 aliphatic rings. The molecule has 3 fully saturated rings. The van der Waals surface area contributed by atoms with Crippen LogP contribution in [0, 0.1) is 35.2 Å². The fourth-order valence-corrected chi connectivity index (χ4v) is 9.42. The molecule has 2 aromatic carbocycles. The number of halogens is 4. The van der Waals surface area contributed by atoms with Crippen LogP contribution in [0.15, 0.2) is 35.2 Å². The summed E-state index contributed by atoms with van der Waals surface area (Å²) in [5, 5.41) is 3.06. The van der Waals surface area contributed by atoms with Crippen molar-refractivity contribution in [3.8, 4) is 0 Å². The number of methoxy groups -OCH3 is 1. The predicted octanol–water partition coefficient (Wildman–Crippen LogP) is 4.38. The normalized spacial score (nSPS) is 28.6. The minimum Gasteiger partial charge on any atom is -0.469 e. The van der Waals surface area contributed by atoms with Gasteiger partial charge in [0.15, 0.2) is 27.3 Å². The molecular formula is C26H26ClF3N2O6S. The number of anilines is 1. The van der Waals surface area contributed by atoms with Gasteiger partial charge in [-0.25, -0.2) is 21.6 Å². The SMILES string of the molecule is COC(=O)C1CON(C)[C@]12CC1CCC(C2)[C@H]1S(=O)(=O)c1cc(C(=O)Nc2cc(F)c(F)c(F)c2)ccc1Cl. The summed E-state index contributed by atoms with van der Waals surface area (Å²) in [5.74, 6) is -7.02. The van der Waals surface area contributed by atoms with Gasteiger partial charge in [-0.2, -0.15) is 5.06 Å². The van der Waals surface area contributed by atoms with Gasteiger partial charge in [0.05, 0.1) is 34.4 Å². The third-order valence-electron chi connectivity index (χ3n) is 8.37. The fourth-order valence-electron chi connectivity index (χ4n) is 6.58. The molecule has 2 bridgehead atoms. The van der Waals surface area contributed by atoms with Gasteiger partial charge in [-0.3, -0.25) is 14.4 Å². The summed E-state index contributed by atoms with van der Waals surface area (Å²) < 4.78 is 73.4. The predicted molar refractivity (Wildman–Crippen MR) is 134 cm³/mol. The molecule has 8 nitrogen and oxygen atoms in total. The monoisotopic (exact) mass is 586 g/mol. The second kappa shape index (κ2) is 10.1. The third kappa shape index (κ3) is 4.60. The molecule has 13 heteroatoms. The van der Waals surface area contributed by atoms with Crippen molar-refractivity contribution in [1.82, 2.24) is 5.06 Å². The zero-order valence-electron chi connectivity index (χ0n) is 21.0. The van der Waals surface area contributed by atoms with E-state index in [0.717, 1.165) is 6.07 Å². The molecule has 210 valence electrons. The summed E-state index contributed by atoms with van der Waals surface area (Å²) in [5.41, 5.74) is -1.14. The lowest BCUT2D eigenvalue weighted by Gasteiger charge is -2.46. The Labute approximate surface area is 228 Å². The van der Waals surface area contributed by atoms with E-state index in [9.17, 15) is 31.2 Å². The number of rotatable bonds is 5. The van der Waals surface area contributed by atoms with Crippen molar-refractivity contribution in [3.63, 3.8) is 0 Å². The van der Waals surface area contributed by atoms with Crippen molar-refractivity contribution >= 4 is 39.0 Å². The number of carbonyl (C=O) groups excluding carboxylic acids is 2. The maximum absolute atomic E-state index is 14.0. The number of hydrogen-bond acceptors (Lipinski definition) is 7. The Morgan fingerprint density at radius 3 is 2.31 bits per heavy atom. The molecule has 1 saturated heterocycles. The van der Waals surface area contributed by atoms with Gasteiger partial charge in [-0.1, -0.05) is 11.6 Å². The number of nitrogens with one attached hydrogen (secondary N) is 1. The molecule has 1 N–H and O–H groups in total. The molecule has 1 amide bonds. The Kier molecular flexibility index (Phi) is 7.19. The second-order valence-electron chi connectivity index (χ2n) is 10.3. The number of sulfone groups is 1. The molecule has 0 radical (unpaired) electrons. The molecule has 1 heterocycles. The minimum atomic E-state index is -4.04. The van der Waals surface area contributed by atoms with E-state index >= 15 is 0 Å². The van der Waals surface area contributed by atoms with Crippen molar-refractivity contribution in [3.05, 3.63) is 58.4 Å². The van der Waals surface area contributed by atoms with Gasteiger partial charge < -0.3 is 10.1 Å². The molecule has 3 unspecified atom stereocenters. The lowest BCUT2D eigenvalue weighted by atomic mass is 9.68. The maximum Gasteiger partial charge on any atom is 0.313 e. The van der Waals surface area contributed by atoms with Gasteiger partial charge in [-0.05, 0) is 55.7 Å². The number of nitrogens with zero attached hydrogens (tertiary/aromatic N) is 1. The first kappa shape index (κ1) is 27.9. The highest BCUT2D eigenvalue weighted by Crippen LogP contribution is 2.56. The molecule has 2 aliphatic carbocycles. The lowest BCUT2D eigenvalue weighted by Crippen LogP contribution is -2.56. The first-order valence-electron chi connectivity index (χ1n) is 12.3. The number of amides is 1. The third-order valence-corrected chi connectivity index (χ3v) is 11.2. The largest absolute Gasteiger partial charge is 0.469 e. The average Bonchev–Trinajstić information content (AvgIpc) is 3.35. The van der Waals surface area contributed by atoms with Gasteiger partial charge in [0.25, 0.3) is 5.91 Å². The van der Waals surface area contributed by atoms with Crippen LogP contribution in [0.1, 0.15) is 36.0 Å². The van der Waals surface area contributed by atoms with E-state index < -0.39 is 55.9 Å². The number of ether oxygens (including phenoxy) is 1. The summed E-state index contributed by atoms with van der Waals surface area (Å²) in [4.78, 5) is 30.8. The number of esters is 1. The Balaban J connectivity index is 1.43. The van der Waals surface area contributed by atoms with E-state index in [1.165, 1.54) is 19.2 Å². The van der Waals surface area contributed by atoms with Crippen molar-refractivity contribution in [2.45, 2.75) is 41.4 Å². The smallest absolute Gasteiger partial charge is 0.313 e. The van der Waals surface area contributed by atoms with E-state index in [1.54, 1.807) is 12.1 Å². The van der Waals surface area contributed by atoms with Crippen LogP contribution in [-0.2, 0) is 24.2 Å². The number of benzene rings is 2. The summed E-state index contributed by atoms with van der Waals surface area (Å²) in [6, 6.07) is 4.92. The zero-order valence-corrected chi connectivity index (χ0v) is 22.6. The number of hydrogen-bond donors (Lipinski definition) is 1. The topological polar surface area (TPSA) is 102 Å². The molecule has 2 aromatic rings. The summed E-state index contributed by atoms with van der Waals surface area (Å²) >= 11 is 6.33. The van der Waals surface area contributed by atoms with Crippen LogP contribution in [-0.4, -0.2) is 56.9 Å². The zero-order chi connectivity index (χ0) is 28.3. The van der Waals surface area contributed by atoms with Gasteiger partial charge in [0.1, 0.15) is 5.92 Å². The molecule has 39 heavy (non-hydrogen) atoms. The average molecular weight is 587 g/mol. The van der Waals surface area contributed by atoms with Gasteiger partial charge in [0, 0.05) is 30.4 Å². The lowest BCUT2D eigenvalue weighted by molar-refractivity contribution is -0.163. The highest BCUT2D eigenvalue weighted by atomic mass is 35.5. The van der Waals surface area contributed by atoms with Gasteiger partial charge in [0.2, 0.25) is 0 Å². The molecule has 1 aliphatic heterocycles. The molecule has 0 aromatic heterocycles. The van der Waals surface area contributed by atoms with Crippen LogP contribution in [0.5, 0.6) is 0 Å². The summed E-state index contributed by atoms with van der Waals surface area (Å²) in [7, 11) is -0.983. The quantitative estimate of drug-likeness (QED) is 0.410. The van der Waals surface area contributed by atoms with Crippen LogP contribution in [0.4, 0.5) is 18.9 Å². The Hall–Kier alpha value is -2.67. The van der Waals surface area contributed by atoms with E-state index in [-0.39, 0.29) is 39.6 Å². The Bertz CT molecular complexity index is 1420. The highest BCUT2D eigenvalue weighted by Gasteiger charge is 2.62. The van der Waals surface area contributed by atoms with Crippen LogP contribution in [0.2, 0.25) is 5.02 Å². The van der Waals surface area contributed by atoms with Gasteiger partial charge >= 0.3 is 5.97 Å². The first-order chi connectivity index (χ1) is 18.4. The molecule has 2 saturated carbocycles. The van der Waals surface area contributed by atoms with Crippen LogP contribution < -0.4 is 5.32 Å². The molecule has 5 rings (SSSR count). The van der Waals surface area contributed by atoms with Gasteiger partial charge in [-0.15, -0.1) is 0 Å². The highest BCUT2D eigenvalue weighted by molar-refractivity contribution is 7.92. The summed E-state index contributed by atoms with van der Waals surface area (Å²) in [6.45, 7) is 0.158. The number of hydroxylamine groups is 2. The van der Waals surface area contributed by atoms with E-state index in [4.69, 9.17) is 21.2 Å². The van der Waals surface area contributed by atoms with Crippen molar-refractivity contribution in [2.24, 2.45) is 17.8 Å². The Morgan fingerprint density at radius 1 is 1.10 bits per heavy atom.